The maximum Gasteiger partial charge on any atom is 0.292 e. The van der Waals surface area contributed by atoms with E-state index in [1.807, 2.05) is 30.3 Å². The van der Waals surface area contributed by atoms with Crippen molar-refractivity contribution < 1.29 is 17.2 Å². The van der Waals surface area contributed by atoms with Gasteiger partial charge >= 0.3 is 0 Å². The summed E-state index contributed by atoms with van der Waals surface area (Å²) in [7, 11) is 1.35. The zero-order valence-corrected chi connectivity index (χ0v) is 9.57. The Bertz CT molecular complexity index is 472. The highest BCUT2D eigenvalue weighted by Crippen LogP contribution is 2.14. The van der Waals surface area contributed by atoms with Gasteiger partial charge in [-0.3, -0.25) is 4.98 Å². The van der Waals surface area contributed by atoms with Crippen molar-refractivity contribution in [2.45, 2.75) is 0 Å². The predicted molar refractivity (Wildman–Crippen MR) is 57.2 cm³/mol. The van der Waals surface area contributed by atoms with Crippen molar-refractivity contribution >= 4 is 25.7 Å². The van der Waals surface area contributed by atoms with Crippen LogP contribution in [0.4, 0.5) is 0 Å². The van der Waals surface area contributed by atoms with Gasteiger partial charge in [-0.25, -0.2) is 4.79 Å². The summed E-state index contributed by atoms with van der Waals surface area (Å²) in [6.07, 6.45) is 1.62. The molecule has 4 heteroatoms. The van der Waals surface area contributed by atoms with E-state index in [9.17, 15) is 4.79 Å². The Morgan fingerprint density at radius 1 is 1.29 bits per heavy atom. The highest BCUT2D eigenvalue weighted by atomic mass is 35.5. The van der Waals surface area contributed by atoms with Gasteiger partial charge < -0.3 is 12.4 Å². The normalized spacial score (nSPS) is 9.71. The number of pyridine rings is 1. The highest BCUT2D eigenvalue weighted by molar-refractivity contribution is 7.41. The lowest BCUT2D eigenvalue weighted by atomic mass is 10.2. The Balaban J connectivity index is 0.000000980. The molecule has 0 aliphatic carbocycles. The molecule has 0 aliphatic rings. The predicted octanol–water partition coefficient (Wildman–Crippen LogP) is -1.01. The van der Waals surface area contributed by atoms with Crippen molar-refractivity contribution in [2.24, 2.45) is 0 Å². The van der Waals surface area contributed by atoms with Gasteiger partial charge in [-0.05, 0) is 12.1 Å². The van der Waals surface area contributed by atoms with Crippen molar-refractivity contribution in [1.29, 1.82) is 0 Å². The third-order valence-electron chi connectivity index (χ3n) is 1.91. The Kier molecular flexibility index (Phi) is 3.56. The molecule has 0 aliphatic heterocycles. The van der Waals surface area contributed by atoms with Gasteiger partial charge in [0.2, 0.25) is 0 Å². The van der Waals surface area contributed by atoms with Crippen LogP contribution >= 0.6 is 9.24 Å². The van der Waals surface area contributed by atoms with Gasteiger partial charge in [0.25, 0.3) is 5.52 Å². The average molecular weight is 226 g/mol. The summed E-state index contributed by atoms with van der Waals surface area (Å²) in [5.41, 5.74) is 1.69. The molecule has 0 N–H and O–H groups in total. The first-order chi connectivity index (χ1) is 6.27. The number of halogens is 1. The van der Waals surface area contributed by atoms with Crippen LogP contribution in [-0.4, -0.2) is 10.5 Å². The summed E-state index contributed by atoms with van der Waals surface area (Å²) in [5, 5.41) is 1.01. The minimum atomic E-state index is 0. The molecule has 2 aromatic rings. The maximum absolute atomic E-state index is 11.1. The van der Waals surface area contributed by atoms with Gasteiger partial charge in [0.15, 0.2) is 0 Å². The largest absolute Gasteiger partial charge is 1.00 e. The molecule has 0 amide bonds. The van der Waals surface area contributed by atoms with E-state index in [0.29, 0.717) is 5.56 Å². The fourth-order valence-electron chi connectivity index (χ4n) is 1.22. The van der Waals surface area contributed by atoms with E-state index in [0.717, 1.165) is 10.9 Å². The van der Waals surface area contributed by atoms with Crippen molar-refractivity contribution in [2.75, 3.05) is 0 Å². The highest BCUT2D eigenvalue weighted by Gasteiger charge is 2.04. The molecule has 2 rings (SSSR count). The van der Waals surface area contributed by atoms with E-state index in [-0.39, 0.29) is 17.9 Å². The molecule has 2 nitrogen and oxygen atoms in total. The lowest BCUT2D eigenvalue weighted by Gasteiger charge is -1.96. The number of benzene rings is 1. The number of aromatic nitrogens is 1. The Labute approximate surface area is 90.3 Å². The van der Waals surface area contributed by atoms with Crippen LogP contribution in [0.25, 0.3) is 10.9 Å². The summed E-state index contributed by atoms with van der Waals surface area (Å²) in [4.78, 5) is 15.2. The molecule has 14 heavy (non-hydrogen) atoms. The number of carbonyl (C=O) groups excluding carboxylic acids is 1. The molecule has 1 atom stereocenters. The minimum absolute atomic E-state index is 0. The molecule has 1 aromatic carbocycles. The Morgan fingerprint density at radius 2 is 2.00 bits per heavy atom. The van der Waals surface area contributed by atoms with Crippen molar-refractivity contribution in [3.8, 4) is 0 Å². The SMILES string of the molecule is O=C([PH3+])c1cnc2ccccc2c1.[Cl-]. The van der Waals surface area contributed by atoms with E-state index >= 15 is 0 Å². The number of hydrogen-bond acceptors (Lipinski definition) is 2. The van der Waals surface area contributed by atoms with Gasteiger partial charge in [0.05, 0.1) is 20.3 Å². The fraction of sp³-hybridized carbons (Fsp3) is 0. The molecule has 0 bridgehead atoms. The molecular weight excluding hydrogens is 217 g/mol. The van der Waals surface area contributed by atoms with E-state index in [1.54, 1.807) is 6.20 Å². The number of rotatable bonds is 1. The zero-order valence-electron chi connectivity index (χ0n) is 7.40. The molecular formula is C10H9ClNOP. The summed E-state index contributed by atoms with van der Waals surface area (Å²) in [5.74, 6) is 0. The maximum atomic E-state index is 11.1. The van der Waals surface area contributed by atoms with Crippen LogP contribution in [0.3, 0.4) is 0 Å². The summed E-state index contributed by atoms with van der Waals surface area (Å²) in [6.45, 7) is 0. The molecule has 0 fully saturated rings. The van der Waals surface area contributed by atoms with Gasteiger partial charge in [0, 0.05) is 11.6 Å². The fourth-order valence-corrected chi connectivity index (χ4v) is 1.42. The van der Waals surface area contributed by atoms with Crippen LogP contribution in [0, 0.1) is 0 Å². The molecule has 1 heterocycles. The third-order valence-corrected chi connectivity index (χ3v) is 2.32. The lowest BCUT2D eigenvalue weighted by molar-refractivity contribution is -0.00000943. The monoisotopic (exact) mass is 225 g/mol. The summed E-state index contributed by atoms with van der Waals surface area (Å²) < 4.78 is 0. The standard InChI is InChI=1S/C10H8NOP.ClH/c12-10(13)8-5-7-3-1-2-4-9(7)11-6-8;/h1-6H,13H2;1H. The van der Waals surface area contributed by atoms with Crippen LogP contribution in [0.2, 0.25) is 0 Å². The topological polar surface area (TPSA) is 30.0 Å². The lowest BCUT2D eigenvalue weighted by Crippen LogP contribution is -3.00. The van der Waals surface area contributed by atoms with E-state index < -0.39 is 0 Å². The van der Waals surface area contributed by atoms with Crippen molar-refractivity contribution in [1.82, 2.24) is 4.98 Å². The Morgan fingerprint density at radius 3 is 2.71 bits per heavy atom. The molecule has 0 saturated heterocycles. The first-order valence-electron chi connectivity index (χ1n) is 3.98. The first kappa shape index (κ1) is 11.1. The average Bonchev–Trinajstić information content (AvgIpc) is 2.17. The number of nitrogens with zero attached hydrogens (tertiary/aromatic N) is 1. The van der Waals surface area contributed by atoms with Crippen LogP contribution in [-0.2, 0) is 0 Å². The van der Waals surface area contributed by atoms with Gasteiger partial charge in [-0.15, -0.1) is 0 Å². The number of carbonyl (C=O) groups is 1. The van der Waals surface area contributed by atoms with Crippen LogP contribution < -0.4 is 12.4 Å². The molecule has 72 valence electrons. The first-order valence-corrected chi connectivity index (χ1v) is 4.69. The second-order valence-corrected chi connectivity index (χ2v) is 3.48. The van der Waals surface area contributed by atoms with Gasteiger partial charge in [-0.2, -0.15) is 0 Å². The smallest absolute Gasteiger partial charge is 0.292 e. The molecule has 1 aromatic heterocycles. The van der Waals surface area contributed by atoms with Crippen LogP contribution in [0.1, 0.15) is 10.4 Å². The molecule has 0 radical (unpaired) electrons. The zero-order chi connectivity index (χ0) is 9.26. The van der Waals surface area contributed by atoms with Crippen molar-refractivity contribution in [3.63, 3.8) is 0 Å². The second-order valence-electron chi connectivity index (χ2n) is 2.84. The second kappa shape index (κ2) is 4.50. The number of hydrogen-bond donors (Lipinski definition) is 0. The minimum Gasteiger partial charge on any atom is -1.00 e. The molecule has 0 saturated carbocycles. The van der Waals surface area contributed by atoms with E-state index in [2.05, 4.69) is 4.98 Å². The van der Waals surface area contributed by atoms with Gasteiger partial charge in [0.1, 0.15) is 0 Å². The van der Waals surface area contributed by atoms with E-state index in [4.69, 9.17) is 0 Å². The Hall–Kier alpha value is -0.980. The summed E-state index contributed by atoms with van der Waals surface area (Å²) >= 11 is 0. The van der Waals surface area contributed by atoms with Crippen molar-refractivity contribution in [3.05, 3.63) is 42.1 Å². The molecule has 1 unspecified atom stereocenters. The summed E-state index contributed by atoms with van der Waals surface area (Å²) in [6, 6.07) is 9.64. The van der Waals surface area contributed by atoms with Crippen LogP contribution in [0.15, 0.2) is 36.5 Å². The third kappa shape index (κ3) is 2.09. The van der Waals surface area contributed by atoms with Gasteiger partial charge in [-0.1, -0.05) is 18.2 Å². The number of fused-ring (bicyclic) bond motifs is 1. The van der Waals surface area contributed by atoms with E-state index in [1.165, 1.54) is 9.24 Å². The number of para-hydroxylation sites is 1. The quantitative estimate of drug-likeness (QED) is 0.582. The van der Waals surface area contributed by atoms with Crippen LogP contribution in [0.5, 0.6) is 0 Å². The molecule has 0 spiro atoms.